The van der Waals surface area contributed by atoms with Gasteiger partial charge in [0.15, 0.2) is 0 Å². The number of nitrogens with zero attached hydrogens (tertiary/aromatic N) is 2. The highest BCUT2D eigenvalue weighted by Crippen LogP contribution is 2.37. The second-order valence-corrected chi connectivity index (χ2v) is 8.11. The van der Waals surface area contributed by atoms with Gasteiger partial charge in [0.1, 0.15) is 5.60 Å². The van der Waals surface area contributed by atoms with Gasteiger partial charge in [-0.05, 0) is 37.1 Å². The second kappa shape index (κ2) is 7.45. The summed E-state index contributed by atoms with van der Waals surface area (Å²) in [4.78, 5) is 16.9. The van der Waals surface area contributed by atoms with Crippen LogP contribution in [0.25, 0.3) is 0 Å². The molecule has 2 aliphatic heterocycles. The molecule has 142 valence electrons. The zero-order valence-corrected chi connectivity index (χ0v) is 16.2. The van der Waals surface area contributed by atoms with Crippen LogP contribution in [0.15, 0.2) is 54.6 Å². The molecular weight excluding hydrogens is 336 g/mol. The van der Waals surface area contributed by atoms with Crippen molar-refractivity contribution >= 4 is 5.91 Å². The van der Waals surface area contributed by atoms with Crippen LogP contribution in [0.4, 0.5) is 0 Å². The van der Waals surface area contributed by atoms with E-state index in [-0.39, 0.29) is 11.5 Å². The van der Waals surface area contributed by atoms with E-state index in [9.17, 15) is 4.79 Å². The molecule has 1 spiro atoms. The highest BCUT2D eigenvalue weighted by atomic mass is 16.5. The van der Waals surface area contributed by atoms with Gasteiger partial charge in [0.25, 0.3) is 0 Å². The van der Waals surface area contributed by atoms with Gasteiger partial charge in [-0.25, -0.2) is 0 Å². The summed E-state index contributed by atoms with van der Waals surface area (Å²) in [6.45, 7) is 5.21. The van der Waals surface area contributed by atoms with Crippen LogP contribution >= 0.6 is 0 Å². The topological polar surface area (TPSA) is 32.8 Å². The van der Waals surface area contributed by atoms with Gasteiger partial charge in [-0.2, -0.15) is 0 Å². The highest BCUT2D eigenvalue weighted by molar-refractivity contribution is 5.80. The average molecular weight is 364 g/mol. The van der Waals surface area contributed by atoms with E-state index in [1.165, 1.54) is 11.1 Å². The Hall–Kier alpha value is -2.17. The van der Waals surface area contributed by atoms with E-state index >= 15 is 0 Å². The molecule has 2 heterocycles. The molecule has 2 aromatic rings. The van der Waals surface area contributed by atoms with Crippen LogP contribution in [-0.2, 0) is 22.5 Å². The first-order valence-electron chi connectivity index (χ1n) is 9.75. The molecule has 0 aromatic heterocycles. The molecule has 0 N–H and O–H groups in total. The van der Waals surface area contributed by atoms with E-state index in [1.54, 1.807) is 0 Å². The average Bonchev–Trinajstić information content (AvgIpc) is 3.09. The number of rotatable bonds is 5. The summed E-state index contributed by atoms with van der Waals surface area (Å²) in [6.07, 6.45) is 1.49. The minimum atomic E-state index is -0.128. The normalized spacial score (nSPS) is 20.9. The largest absolute Gasteiger partial charge is 0.370 e. The number of hydrogen-bond acceptors (Lipinski definition) is 3. The Morgan fingerprint density at radius 2 is 1.85 bits per heavy atom. The maximum Gasteiger partial charge on any atom is 0.227 e. The van der Waals surface area contributed by atoms with Gasteiger partial charge in [0.2, 0.25) is 5.91 Å². The Bertz CT molecular complexity index is 799. The highest BCUT2D eigenvalue weighted by Gasteiger charge is 2.51. The molecule has 1 amide bonds. The Labute approximate surface area is 161 Å². The Morgan fingerprint density at radius 3 is 2.59 bits per heavy atom. The van der Waals surface area contributed by atoms with Crippen LogP contribution in [0.5, 0.6) is 0 Å². The SMILES string of the molecule is Cc1ccccc1CC(=O)N1CC2(CC(N(C)Cc3ccccc3)CO2)C1. The third kappa shape index (κ3) is 3.92. The maximum absolute atomic E-state index is 12.6. The molecule has 0 saturated carbocycles. The van der Waals surface area contributed by atoms with E-state index in [1.807, 2.05) is 29.2 Å². The monoisotopic (exact) mass is 364 g/mol. The minimum absolute atomic E-state index is 0.128. The van der Waals surface area contributed by atoms with Crippen LogP contribution in [0.3, 0.4) is 0 Å². The third-order valence-electron chi connectivity index (χ3n) is 6.00. The molecule has 27 heavy (non-hydrogen) atoms. The first-order chi connectivity index (χ1) is 13.0. The van der Waals surface area contributed by atoms with Crippen molar-refractivity contribution in [3.05, 3.63) is 71.3 Å². The Morgan fingerprint density at radius 1 is 1.15 bits per heavy atom. The number of carbonyl (C=O) groups excluding carboxylic acids is 1. The lowest BCUT2D eigenvalue weighted by Crippen LogP contribution is -2.63. The standard InChI is InChI=1S/C23H28N2O2/c1-18-8-6-7-11-20(18)12-22(26)25-16-23(17-25)13-21(15-27-23)24(2)14-19-9-4-3-5-10-19/h3-11,21H,12-17H2,1-2H3. The molecule has 1 unspecified atom stereocenters. The summed E-state index contributed by atoms with van der Waals surface area (Å²) in [5.74, 6) is 0.208. The molecule has 4 heteroatoms. The van der Waals surface area contributed by atoms with E-state index in [4.69, 9.17) is 4.74 Å². The molecule has 2 aliphatic rings. The lowest BCUT2D eigenvalue weighted by atomic mass is 9.88. The molecule has 2 saturated heterocycles. The number of likely N-dealkylation sites (N-methyl/N-ethyl adjacent to an activating group) is 1. The number of aryl methyl sites for hydroxylation is 1. The fraction of sp³-hybridized carbons (Fsp3) is 0.435. The Kier molecular flexibility index (Phi) is 5.02. The van der Waals surface area contributed by atoms with Crippen molar-refractivity contribution in [1.29, 1.82) is 0 Å². The lowest BCUT2D eigenvalue weighted by molar-refractivity contribution is -0.157. The number of likely N-dealkylation sites (tertiary alicyclic amines) is 1. The van der Waals surface area contributed by atoms with Crippen molar-refractivity contribution in [2.45, 2.75) is 38.0 Å². The van der Waals surface area contributed by atoms with Gasteiger partial charge in [-0.15, -0.1) is 0 Å². The fourth-order valence-electron chi connectivity index (χ4n) is 4.23. The number of carbonyl (C=O) groups is 1. The molecule has 0 radical (unpaired) electrons. The molecular formula is C23H28N2O2. The maximum atomic E-state index is 12.6. The Balaban J connectivity index is 1.29. The van der Waals surface area contributed by atoms with Crippen LogP contribution in [0.1, 0.15) is 23.1 Å². The van der Waals surface area contributed by atoms with Crippen molar-refractivity contribution in [1.82, 2.24) is 9.80 Å². The van der Waals surface area contributed by atoms with E-state index < -0.39 is 0 Å². The predicted molar refractivity (Wildman–Crippen MR) is 106 cm³/mol. The van der Waals surface area contributed by atoms with Crippen molar-refractivity contribution in [2.75, 3.05) is 26.7 Å². The third-order valence-corrected chi connectivity index (χ3v) is 6.00. The van der Waals surface area contributed by atoms with Crippen LogP contribution in [-0.4, -0.2) is 54.1 Å². The van der Waals surface area contributed by atoms with Gasteiger partial charge in [0.05, 0.1) is 26.1 Å². The summed E-state index contributed by atoms with van der Waals surface area (Å²) in [7, 11) is 2.17. The summed E-state index contributed by atoms with van der Waals surface area (Å²) >= 11 is 0. The second-order valence-electron chi connectivity index (χ2n) is 8.11. The molecule has 2 fully saturated rings. The van der Waals surface area contributed by atoms with Crippen molar-refractivity contribution < 1.29 is 9.53 Å². The molecule has 4 rings (SSSR count). The molecule has 0 aliphatic carbocycles. The van der Waals surface area contributed by atoms with Gasteiger partial charge in [-0.3, -0.25) is 9.69 Å². The zero-order valence-electron chi connectivity index (χ0n) is 16.2. The van der Waals surface area contributed by atoms with E-state index in [0.29, 0.717) is 12.5 Å². The van der Waals surface area contributed by atoms with Gasteiger partial charge >= 0.3 is 0 Å². The number of ether oxygens (including phenoxy) is 1. The van der Waals surface area contributed by atoms with Gasteiger partial charge in [0, 0.05) is 12.6 Å². The lowest BCUT2D eigenvalue weighted by Gasteiger charge is -2.47. The number of benzene rings is 2. The first-order valence-corrected chi connectivity index (χ1v) is 9.75. The molecule has 1 atom stereocenters. The van der Waals surface area contributed by atoms with Crippen molar-refractivity contribution in [2.24, 2.45) is 0 Å². The van der Waals surface area contributed by atoms with Crippen molar-refractivity contribution in [3.63, 3.8) is 0 Å². The fourth-order valence-corrected chi connectivity index (χ4v) is 4.23. The van der Waals surface area contributed by atoms with Crippen molar-refractivity contribution in [3.8, 4) is 0 Å². The molecule has 0 bridgehead atoms. The van der Waals surface area contributed by atoms with Crippen LogP contribution < -0.4 is 0 Å². The van der Waals surface area contributed by atoms with Crippen LogP contribution in [0, 0.1) is 6.92 Å². The minimum Gasteiger partial charge on any atom is -0.370 e. The smallest absolute Gasteiger partial charge is 0.227 e. The van der Waals surface area contributed by atoms with Gasteiger partial charge < -0.3 is 9.64 Å². The summed E-state index contributed by atoms with van der Waals surface area (Å²) in [6, 6.07) is 19.1. The van der Waals surface area contributed by atoms with Crippen LogP contribution in [0.2, 0.25) is 0 Å². The number of amides is 1. The molecule has 4 nitrogen and oxygen atoms in total. The number of hydrogen-bond donors (Lipinski definition) is 0. The molecule has 2 aromatic carbocycles. The summed E-state index contributed by atoms with van der Waals surface area (Å²) in [5.41, 5.74) is 3.50. The summed E-state index contributed by atoms with van der Waals surface area (Å²) in [5, 5.41) is 0. The predicted octanol–water partition coefficient (Wildman–Crippen LogP) is 3.04. The summed E-state index contributed by atoms with van der Waals surface area (Å²) < 4.78 is 6.17. The van der Waals surface area contributed by atoms with E-state index in [0.717, 1.165) is 38.2 Å². The van der Waals surface area contributed by atoms with E-state index in [2.05, 4.69) is 49.2 Å². The first kappa shape index (κ1) is 18.2. The quantitative estimate of drug-likeness (QED) is 0.818. The zero-order chi connectivity index (χ0) is 18.9. The van der Waals surface area contributed by atoms with Gasteiger partial charge in [-0.1, -0.05) is 54.6 Å².